The lowest BCUT2D eigenvalue weighted by molar-refractivity contribution is 0.609. The van der Waals surface area contributed by atoms with Crippen LogP contribution in [0.1, 0.15) is 19.8 Å². The number of anilines is 2. The fraction of sp³-hybridized carbons (Fsp3) is 0.500. The highest BCUT2D eigenvalue weighted by molar-refractivity contribution is 6.33. The molecule has 15 heavy (non-hydrogen) atoms. The fourth-order valence-corrected chi connectivity index (χ4v) is 2.25. The second-order valence-corrected chi connectivity index (χ2v) is 4.81. The van der Waals surface area contributed by atoms with E-state index in [1.807, 2.05) is 18.2 Å². The fourth-order valence-electron chi connectivity index (χ4n) is 1.92. The molecule has 1 aromatic rings. The number of nitrogens with zero attached hydrogens (tertiary/aromatic N) is 1. The molecule has 82 valence electrons. The van der Waals surface area contributed by atoms with Crippen LogP contribution >= 0.6 is 11.6 Å². The summed E-state index contributed by atoms with van der Waals surface area (Å²) in [4.78, 5) is 2.25. The van der Waals surface area contributed by atoms with E-state index >= 15 is 0 Å². The summed E-state index contributed by atoms with van der Waals surface area (Å²) in [6.45, 7) is 2.25. The molecule has 1 saturated carbocycles. The lowest BCUT2D eigenvalue weighted by atomic mass is 10.1. The third-order valence-electron chi connectivity index (χ3n) is 3.27. The minimum Gasteiger partial charge on any atom is -0.399 e. The maximum absolute atomic E-state index is 6.17. The first-order valence-electron chi connectivity index (χ1n) is 5.37. The van der Waals surface area contributed by atoms with Crippen LogP contribution in [0.25, 0.3) is 0 Å². The molecule has 0 bridgehead atoms. The van der Waals surface area contributed by atoms with Gasteiger partial charge in [0.05, 0.1) is 10.7 Å². The van der Waals surface area contributed by atoms with Crippen molar-refractivity contribution in [2.75, 3.05) is 17.7 Å². The molecule has 3 heteroatoms. The topological polar surface area (TPSA) is 29.3 Å². The van der Waals surface area contributed by atoms with Crippen LogP contribution in [0.3, 0.4) is 0 Å². The van der Waals surface area contributed by atoms with Crippen molar-refractivity contribution < 1.29 is 0 Å². The molecule has 2 N–H and O–H groups in total. The van der Waals surface area contributed by atoms with Gasteiger partial charge in [-0.3, -0.25) is 0 Å². The molecule has 1 fully saturated rings. The zero-order valence-electron chi connectivity index (χ0n) is 9.20. The van der Waals surface area contributed by atoms with E-state index in [0.717, 1.165) is 22.3 Å². The summed E-state index contributed by atoms with van der Waals surface area (Å²) in [5.74, 6) is 0.837. The van der Waals surface area contributed by atoms with Crippen LogP contribution in [-0.2, 0) is 0 Å². The number of benzene rings is 1. The van der Waals surface area contributed by atoms with Crippen molar-refractivity contribution in [3.63, 3.8) is 0 Å². The van der Waals surface area contributed by atoms with Gasteiger partial charge < -0.3 is 10.6 Å². The molecule has 2 nitrogen and oxygen atoms in total. The molecular weight excluding hydrogens is 208 g/mol. The smallest absolute Gasteiger partial charge is 0.0660 e. The van der Waals surface area contributed by atoms with Crippen molar-refractivity contribution in [1.29, 1.82) is 0 Å². The van der Waals surface area contributed by atoms with Crippen LogP contribution in [0.15, 0.2) is 18.2 Å². The molecule has 0 amide bonds. The Balaban J connectivity index is 2.20. The van der Waals surface area contributed by atoms with Crippen LogP contribution in [0.5, 0.6) is 0 Å². The predicted octanol–water partition coefficient (Wildman–Crippen LogP) is 3.16. The first kappa shape index (κ1) is 10.6. The maximum Gasteiger partial charge on any atom is 0.0660 e. The average Bonchev–Trinajstić information content (AvgIpc) is 2.99. The number of rotatable bonds is 3. The van der Waals surface area contributed by atoms with Crippen molar-refractivity contribution in [3.05, 3.63) is 23.2 Å². The SMILES string of the molecule is CC(C1CC1)N(C)c1ccc(N)cc1Cl. The summed E-state index contributed by atoms with van der Waals surface area (Å²) < 4.78 is 0. The number of hydrogen-bond acceptors (Lipinski definition) is 2. The summed E-state index contributed by atoms with van der Waals surface area (Å²) >= 11 is 6.17. The van der Waals surface area contributed by atoms with Gasteiger partial charge in [0.1, 0.15) is 0 Å². The lowest BCUT2D eigenvalue weighted by Gasteiger charge is -2.28. The van der Waals surface area contributed by atoms with Gasteiger partial charge in [-0.05, 0) is 43.9 Å². The Morgan fingerprint density at radius 1 is 1.47 bits per heavy atom. The Hall–Kier alpha value is -0.890. The Labute approximate surface area is 96.0 Å². The summed E-state index contributed by atoms with van der Waals surface area (Å²) in [6, 6.07) is 6.27. The highest BCUT2D eigenvalue weighted by Crippen LogP contribution is 2.38. The molecular formula is C12H17ClN2. The molecule has 2 rings (SSSR count). The Morgan fingerprint density at radius 2 is 2.13 bits per heavy atom. The zero-order chi connectivity index (χ0) is 11.0. The summed E-state index contributed by atoms with van der Waals surface area (Å²) in [5, 5.41) is 0.741. The van der Waals surface area contributed by atoms with Crippen LogP contribution in [0, 0.1) is 5.92 Å². The van der Waals surface area contributed by atoms with Crippen molar-refractivity contribution in [2.24, 2.45) is 5.92 Å². The number of hydrogen-bond donors (Lipinski definition) is 1. The van der Waals surface area contributed by atoms with Gasteiger partial charge in [-0.1, -0.05) is 11.6 Å². The second-order valence-electron chi connectivity index (χ2n) is 4.40. The third kappa shape index (κ3) is 2.20. The van der Waals surface area contributed by atoms with E-state index in [2.05, 4.69) is 18.9 Å². The van der Waals surface area contributed by atoms with Gasteiger partial charge in [-0.2, -0.15) is 0 Å². The Bertz CT molecular complexity index is 361. The van der Waals surface area contributed by atoms with Crippen molar-refractivity contribution in [1.82, 2.24) is 0 Å². The molecule has 0 spiro atoms. The van der Waals surface area contributed by atoms with Crippen molar-refractivity contribution in [3.8, 4) is 0 Å². The number of nitrogens with two attached hydrogens (primary N) is 1. The highest BCUT2D eigenvalue weighted by Gasteiger charge is 2.31. The third-order valence-corrected chi connectivity index (χ3v) is 3.57. The number of nitrogen functional groups attached to an aromatic ring is 1. The van der Waals surface area contributed by atoms with E-state index in [1.165, 1.54) is 12.8 Å². The van der Waals surface area contributed by atoms with E-state index in [-0.39, 0.29) is 0 Å². The standard InChI is InChI=1S/C12H17ClN2/c1-8(9-3-4-9)15(2)12-6-5-10(14)7-11(12)13/h5-9H,3-4,14H2,1-2H3. The van der Waals surface area contributed by atoms with Crippen LogP contribution in [-0.4, -0.2) is 13.1 Å². The van der Waals surface area contributed by atoms with E-state index in [4.69, 9.17) is 17.3 Å². The van der Waals surface area contributed by atoms with Gasteiger partial charge >= 0.3 is 0 Å². The van der Waals surface area contributed by atoms with Crippen molar-refractivity contribution in [2.45, 2.75) is 25.8 Å². The lowest BCUT2D eigenvalue weighted by Crippen LogP contribution is -2.30. The quantitative estimate of drug-likeness (QED) is 0.800. The minimum atomic E-state index is 0.561. The molecule has 1 unspecified atom stereocenters. The average molecular weight is 225 g/mol. The van der Waals surface area contributed by atoms with Gasteiger partial charge in [-0.15, -0.1) is 0 Å². The summed E-state index contributed by atoms with van der Waals surface area (Å²) in [7, 11) is 2.10. The molecule has 0 saturated heterocycles. The molecule has 0 aromatic heterocycles. The molecule has 0 heterocycles. The van der Waals surface area contributed by atoms with Gasteiger partial charge in [0, 0.05) is 18.8 Å². The highest BCUT2D eigenvalue weighted by atomic mass is 35.5. The largest absolute Gasteiger partial charge is 0.399 e. The number of halogens is 1. The molecule has 1 atom stereocenters. The molecule has 0 radical (unpaired) electrons. The van der Waals surface area contributed by atoms with E-state index in [1.54, 1.807) is 0 Å². The van der Waals surface area contributed by atoms with Crippen LogP contribution in [0.2, 0.25) is 5.02 Å². The normalized spacial score (nSPS) is 17.5. The molecule has 0 aliphatic heterocycles. The molecule has 1 aliphatic rings. The minimum absolute atomic E-state index is 0.561. The van der Waals surface area contributed by atoms with Crippen molar-refractivity contribution >= 4 is 23.0 Å². The zero-order valence-corrected chi connectivity index (χ0v) is 9.96. The van der Waals surface area contributed by atoms with Crippen LogP contribution < -0.4 is 10.6 Å². The first-order chi connectivity index (χ1) is 7.09. The predicted molar refractivity (Wildman–Crippen MR) is 66.5 cm³/mol. The Morgan fingerprint density at radius 3 is 2.67 bits per heavy atom. The molecule has 1 aromatic carbocycles. The first-order valence-corrected chi connectivity index (χ1v) is 5.75. The summed E-state index contributed by atoms with van der Waals surface area (Å²) in [5.41, 5.74) is 7.47. The van der Waals surface area contributed by atoms with E-state index < -0.39 is 0 Å². The Kier molecular flexibility index (Phi) is 2.79. The van der Waals surface area contributed by atoms with Crippen LogP contribution in [0.4, 0.5) is 11.4 Å². The molecule has 1 aliphatic carbocycles. The monoisotopic (exact) mass is 224 g/mol. The van der Waals surface area contributed by atoms with Gasteiger partial charge in [0.25, 0.3) is 0 Å². The maximum atomic E-state index is 6.17. The second kappa shape index (κ2) is 3.93. The van der Waals surface area contributed by atoms with Gasteiger partial charge in [-0.25, -0.2) is 0 Å². The van der Waals surface area contributed by atoms with Gasteiger partial charge in [0.2, 0.25) is 0 Å². The summed E-state index contributed by atoms with van der Waals surface area (Å²) in [6.07, 6.45) is 2.69. The van der Waals surface area contributed by atoms with E-state index in [0.29, 0.717) is 6.04 Å². The van der Waals surface area contributed by atoms with Gasteiger partial charge in [0.15, 0.2) is 0 Å². The van der Waals surface area contributed by atoms with E-state index in [9.17, 15) is 0 Å².